The summed E-state index contributed by atoms with van der Waals surface area (Å²) >= 11 is -1.17. The predicted molar refractivity (Wildman–Crippen MR) is 61.2 cm³/mol. The Kier molecular flexibility index (Phi) is 6.33. The Labute approximate surface area is 129 Å². The summed E-state index contributed by atoms with van der Waals surface area (Å²) in [5.41, 5.74) is 0.441. The van der Waals surface area contributed by atoms with Crippen LogP contribution in [0.25, 0.3) is 0 Å². The molecule has 1 aliphatic rings. The van der Waals surface area contributed by atoms with Crippen LogP contribution in [-0.2, 0) is 11.1 Å². The molecule has 1 atom stereocenters. The first-order chi connectivity index (χ1) is 7.66. The second kappa shape index (κ2) is 7.01. The molecule has 0 saturated heterocycles. The molecule has 1 aliphatic carbocycles. The first kappa shape index (κ1) is 15.3. The van der Waals surface area contributed by atoms with Crippen molar-refractivity contribution in [3.05, 3.63) is 17.0 Å². The molecular weight excluding hydrogens is 269 g/mol. The van der Waals surface area contributed by atoms with Crippen LogP contribution >= 0.6 is 11.3 Å². The van der Waals surface area contributed by atoms with Gasteiger partial charge in [-0.15, -0.1) is 11.3 Å². The van der Waals surface area contributed by atoms with Crippen LogP contribution in [0.2, 0.25) is 0 Å². The number of carbonyl (C=O) groups excluding carboxylic acids is 1. The molecule has 88 valence electrons. The van der Waals surface area contributed by atoms with Crippen LogP contribution in [-0.4, -0.2) is 20.7 Å². The molecular formula is C10H12NNaO3S2. The van der Waals surface area contributed by atoms with E-state index >= 15 is 0 Å². The maximum absolute atomic E-state index is 11.7. The van der Waals surface area contributed by atoms with Crippen LogP contribution in [0.4, 0.5) is 0 Å². The molecule has 0 radical (unpaired) electrons. The number of amides is 1. The van der Waals surface area contributed by atoms with Gasteiger partial charge in [-0.3, -0.25) is 9.00 Å². The summed E-state index contributed by atoms with van der Waals surface area (Å²) in [5.74, 6) is -0.167. The van der Waals surface area contributed by atoms with Gasteiger partial charge in [-0.25, -0.2) is 0 Å². The zero-order valence-corrected chi connectivity index (χ0v) is 13.2. The molecule has 1 heterocycles. The van der Waals surface area contributed by atoms with E-state index in [0.29, 0.717) is 5.56 Å². The van der Waals surface area contributed by atoms with E-state index in [1.807, 2.05) is 0 Å². The van der Waals surface area contributed by atoms with Gasteiger partial charge in [0.1, 0.15) is 0 Å². The van der Waals surface area contributed by atoms with E-state index in [4.69, 9.17) is 0 Å². The Morgan fingerprint density at radius 1 is 1.47 bits per heavy atom. The molecule has 1 aromatic rings. The van der Waals surface area contributed by atoms with Crippen molar-refractivity contribution in [1.82, 2.24) is 5.32 Å². The maximum atomic E-state index is 11.7. The summed E-state index contributed by atoms with van der Waals surface area (Å²) in [6.07, 6.45) is 4.36. The van der Waals surface area contributed by atoms with Gasteiger partial charge in [-0.2, -0.15) is 0 Å². The fraction of sp³-hybridized carbons (Fsp3) is 0.500. The smallest absolute Gasteiger partial charge is 0.768 e. The summed E-state index contributed by atoms with van der Waals surface area (Å²) < 4.78 is 21.5. The largest absolute Gasteiger partial charge is 1.00 e. The van der Waals surface area contributed by atoms with Gasteiger partial charge in [-0.1, -0.05) is 12.8 Å². The van der Waals surface area contributed by atoms with Gasteiger partial charge < -0.3 is 9.87 Å². The zero-order valence-electron chi connectivity index (χ0n) is 9.60. The van der Waals surface area contributed by atoms with Crippen molar-refractivity contribution in [2.24, 2.45) is 0 Å². The van der Waals surface area contributed by atoms with Gasteiger partial charge in [0.25, 0.3) is 5.91 Å². The van der Waals surface area contributed by atoms with Crippen molar-refractivity contribution in [2.45, 2.75) is 35.9 Å². The molecule has 1 fully saturated rings. The van der Waals surface area contributed by atoms with Crippen molar-refractivity contribution in [2.75, 3.05) is 0 Å². The molecule has 0 bridgehead atoms. The molecule has 4 nitrogen and oxygen atoms in total. The second-order valence-corrected chi connectivity index (χ2v) is 5.92. The fourth-order valence-corrected chi connectivity index (χ4v) is 3.16. The van der Waals surface area contributed by atoms with E-state index in [9.17, 15) is 13.6 Å². The second-order valence-electron chi connectivity index (χ2n) is 3.84. The van der Waals surface area contributed by atoms with Crippen molar-refractivity contribution in [1.29, 1.82) is 0 Å². The number of rotatable bonds is 3. The molecule has 0 spiro atoms. The van der Waals surface area contributed by atoms with E-state index < -0.39 is 11.1 Å². The molecule has 17 heavy (non-hydrogen) atoms. The van der Waals surface area contributed by atoms with Crippen LogP contribution in [0.1, 0.15) is 36.0 Å². The van der Waals surface area contributed by atoms with E-state index in [1.165, 1.54) is 6.07 Å². The third-order valence-electron chi connectivity index (χ3n) is 2.69. The molecule has 1 N–H and O–H groups in total. The molecule has 1 saturated carbocycles. The fourth-order valence-electron chi connectivity index (χ4n) is 1.86. The average Bonchev–Trinajstić information content (AvgIpc) is 2.86. The zero-order chi connectivity index (χ0) is 11.5. The first-order valence-corrected chi connectivity index (χ1v) is 7.11. The van der Waals surface area contributed by atoms with Gasteiger partial charge in [-0.05, 0) is 30.0 Å². The third kappa shape index (κ3) is 4.15. The summed E-state index contributed by atoms with van der Waals surface area (Å²) in [6, 6.07) is 1.67. The van der Waals surface area contributed by atoms with Crippen molar-refractivity contribution in [3.63, 3.8) is 0 Å². The standard InChI is InChI=1S/C10H13NO3S2.Na/c12-10(11-8-3-1-2-4-8)7-5-9(15-6-7)16(13)14;/h5-6,8H,1-4H2,(H,11,12)(H,13,14);/q;+1/p-1. The van der Waals surface area contributed by atoms with Gasteiger partial charge >= 0.3 is 29.6 Å². The minimum Gasteiger partial charge on any atom is -0.768 e. The summed E-state index contributed by atoms with van der Waals surface area (Å²) in [6.45, 7) is 0. The Morgan fingerprint density at radius 2 is 2.12 bits per heavy atom. The van der Waals surface area contributed by atoms with Crippen LogP contribution < -0.4 is 34.9 Å². The minimum absolute atomic E-state index is 0. The van der Waals surface area contributed by atoms with Gasteiger partial charge in [0.2, 0.25) is 0 Å². The molecule has 7 heteroatoms. The van der Waals surface area contributed by atoms with Crippen molar-refractivity contribution >= 4 is 28.3 Å². The number of nitrogens with one attached hydrogen (secondary N) is 1. The van der Waals surface area contributed by atoms with Crippen LogP contribution in [0, 0.1) is 0 Å². The first-order valence-electron chi connectivity index (χ1n) is 5.15. The van der Waals surface area contributed by atoms with Crippen molar-refractivity contribution in [3.8, 4) is 0 Å². The monoisotopic (exact) mass is 281 g/mol. The van der Waals surface area contributed by atoms with Crippen LogP contribution in [0.15, 0.2) is 15.7 Å². The van der Waals surface area contributed by atoms with E-state index in [-0.39, 0.29) is 45.7 Å². The molecule has 0 aromatic carbocycles. The molecule has 1 amide bonds. The Balaban J connectivity index is 0.00000144. The quantitative estimate of drug-likeness (QED) is 0.551. The van der Waals surface area contributed by atoms with Crippen LogP contribution in [0.5, 0.6) is 0 Å². The van der Waals surface area contributed by atoms with E-state index in [0.717, 1.165) is 37.0 Å². The maximum Gasteiger partial charge on any atom is 1.00 e. The molecule has 1 unspecified atom stereocenters. The number of hydrogen-bond donors (Lipinski definition) is 1. The Morgan fingerprint density at radius 3 is 2.65 bits per heavy atom. The van der Waals surface area contributed by atoms with E-state index in [2.05, 4.69) is 5.32 Å². The molecule has 1 aromatic heterocycles. The Hall–Kier alpha value is 0.280. The molecule has 2 rings (SSSR count). The predicted octanol–water partition coefficient (Wildman–Crippen LogP) is -1.34. The summed E-state index contributed by atoms with van der Waals surface area (Å²) in [5, 5.41) is 4.49. The van der Waals surface area contributed by atoms with Crippen molar-refractivity contribution < 1.29 is 43.1 Å². The molecule has 0 aliphatic heterocycles. The summed E-state index contributed by atoms with van der Waals surface area (Å²) in [4.78, 5) is 11.7. The van der Waals surface area contributed by atoms with E-state index in [1.54, 1.807) is 5.38 Å². The van der Waals surface area contributed by atoms with Crippen LogP contribution in [0.3, 0.4) is 0 Å². The average molecular weight is 281 g/mol. The number of thiophene rings is 1. The van der Waals surface area contributed by atoms with Gasteiger partial charge in [0.15, 0.2) is 0 Å². The number of hydrogen-bond acceptors (Lipinski definition) is 4. The Bertz CT molecular complexity index is 415. The topological polar surface area (TPSA) is 69.2 Å². The minimum atomic E-state index is -2.24. The SMILES string of the molecule is O=C(NC1CCCC1)c1csc(S(=O)[O-])c1.[Na+]. The third-order valence-corrected chi connectivity index (χ3v) is 4.56. The van der Waals surface area contributed by atoms with Gasteiger partial charge in [0.05, 0.1) is 9.77 Å². The number of carbonyl (C=O) groups is 1. The summed E-state index contributed by atoms with van der Waals surface area (Å²) in [7, 11) is 0. The normalized spacial score (nSPS) is 17.5. The van der Waals surface area contributed by atoms with Gasteiger partial charge in [0, 0.05) is 11.4 Å².